The second-order valence-electron chi connectivity index (χ2n) is 10.6. The quantitative estimate of drug-likeness (QED) is 0.464. The smallest absolute Gasteiger partial charge is 0.201 e. The summed E-state index contributed by atoms with van der Waals surface area (Å²) in [4.78, 5) is 12.0. The van der Waals surface area contributed by atoms with Gasteiger partial charge in [-0.2, -0.15) is 0 Å². The number of aliphatic hydroxyl groups excluding tert-OH is 1. The van der Waals surface area contributed by atoms with Crippen LogP contribution in [0.1, 0.15) is 71.5 Å². The zero-order valence-electron chi connectivity index (χ0n) is 20.2. The zero-order chi connectivity index (χ0) is 23.2. The molecule has 6 rings (SSSR count). The monoisotopic (exact) mass is 462 g/mol. The summed E-state index contributed by atoms with van der Waals surface area (Å²) in [6.07, 6.45) is 3.49. The van der Waals surface area contributed by atoms with Crippen LogP contribution in [0.2, 0.25) is 0 Å². The number of hydrogen-bond acceptors (Lipinski definition) is 7. The number of aliphatic hydroxyl groups is 1. The van der Waals surface area contributed by atoms with E-state index in [0.29, 0.717) is 25.0 Å². The third kappa shape index (κ3) is 4.21. The highest BCUT2D eigenvalue weighted by Gasteiger charge is 2.69. The maximum atomic E-state index is 9.74. The van der Waals surface area contributed by atoms with Gasteiger partial charge in [-0.1, -0.05) is 26.0 Å². The molecule has 4 heterocycles. The number of hydrogen-bond donors (Lipinski definition) is 1. The molecule has 1 spiro atoms. The summed E-state index contributed by atoms with van der Waals surface area (Å²) < 4.78 is 24.9. The summed E-state index contributed by atoms with van der Waals surface area (Å²) in [5.41, 5.74) is 0.296. The minimum Gasteiger partial charge on any atom is -0.493 e. The van der Waals surface area contributed by atoms with Gasteiger partial charge in [-0.25, -0.2) is 9.78 Å². The molecule has 0 radical (unpaired) electrons. The van der Waals surface area contributed by atoms with Crippen LogP contribution in [0.3, 0.4) is 0 Å². The van der Waals surface area contributed by atoms with E-state index in [4.69, 9.17) is 28.7 Å². The van der Waals surface area contributed by atoms with Crippen molar-refractivity contribution in [3.05, 3.63) is 29.8 Å². The summed E-state index contributed by atoms with van der Waals surface area (Å²) in [6, 6.07) is 7.56. The van der Waals surface area contributed by atoms with Gasteiger partial charge in [-0.15, -0.1) is 0 Å². The van der Waals surface area contributed by atoms with Crippen LogP contribution in [-0.2, 0) is 24.0 Å². The molecule has 0 amide bonds. The van der Waals surface area contributed by atoms with Gasteiger partial charge in [-0.3, -0.25) is 0 Å². The van der Waals surface area contributed by atoms with Crippen molar-refractivity contribution in [2.45, 2.75) is 89.9 Å². The average Bonchev–Trinajstić information content (AvgIpc) is 3.03. The Labute approximate surface area is 196 Å². The van der Waals surface area contributed by atoms with Gasteiger partial charge in [0.1, 0.15) is 5.75 Å². The fraction of sp³-hybridized carbons (Fsp3) is 0.769. The summed E-state index contributed by atoms with van der Waals surface area (Å²) in [6.45, 7) is 9.28. The Bertz CT molecular complexity index is 831. The Balaban J connectivity index is 1.20. The molecule has 1 saturated carbocycles. The van der Waals surface area contributed by atoms with Crippen molar-refractivity contribution in [1.29, 1.82) is 0 Å². The summed E-state index contributed by atoms with van der Waals surface area (Å²) in [5.74, 6) is 1.35. The Kier molecular flexibility index (Phi) is 6.48. The highest BCUT2D eigenvalue weighted by atomic mass is 17.3. The lowest BCUT2D eigenvalue weighted by atomic mass is 9.58. The largest absolute Gasteiger partial charge is 0.493 e. The van der Waals surface area contributed by atoms with Crippen molar-refractivity contribution in [3.63, 3.8) is 0 Å². The molecular weight excluding hydrogens is 424 g/mol. The molecule has 7 heteroatoms. The van der Waals surface area contributed by atoms with Crippen LogP contribution in [0.15, 0.2) is 24.3 Å². The minimum absolute atomic E-state index is 0.176. The van der Waals surface area contributed by atoms with Gasteiger partial charge in [0.05, 0.1) is 19.3 Å². The van der Waals surface area contributed by atoms with Gasteiger partial charge >= 0.3 is 0 Å². The van der Waals surface area contributed by atoms with Crippen molar-refractivity contribution < 1.29 is 33.8 Å². The lowest BCUT2D eigenvalue weighted by molar-refractivity contribution is -0.577. The molecule has 4 saturated heterocycles. The first-order chi connectivity index (χ1) is 15.8. The second-order valence-corrected chi connectivity index (χ2v) is 10.6. The second kappa shape index (κ2) is 9.10. The Hall–Kier alpha value is -1.22. The van der Waals surface area contributed by atoms with Crippen molar-refractivity contribution in [1.82, 2.24) is 0 Å². The number of benzene rings is 1. The van der Waals surface area contributed by atoms with Gasteiger partial charge in [0.15, 0.2) is 18.2 Å². The fourth-order valence-corrected chi connectivity index (χ4v) is 6.38. The standard InChI is InChI=1S/C26H38O7/c1-16-9-10-22-17(2)23(29-14-6-13-28-20-8-5-7-19(15-20)18(3)27)30-24-26(22)21(16)11-12-25(4,31-24)32-33-26/h5,7-8,15-18,21-24,27H,6,9-14H2,1-4H3/t16-,17-,18?,21?,22+,23+,24-,25-,26-/m1/s1. The van der Waals surface area contributed by atoms with E-state index in [2.05, 4.69) is 13.8 Å². The van der Waals surface area contributed by atoms with E-state index in [0.717, 1.165) is 37.0 Å². The molecule has 0 aromatic heterocycles. The first kappa shape index (κ1) is 23.5. The van der Waals surface area contributed by atoms with Crippen LogP contribution in [0.25, 0.3) is 0 Å². The van der Waals surface area contributed by atoms with E-state index in [1.165, 1.54) is 6.42 Å². The van der Waals surface area contributed by atoms with Crippen molar-refractivity contribution >= 4 is 0 Å². The average molecular weight is 463 g/mol. The molecule has 5 fully saturated rings. The fourth-order valence-electron chi connectivity index (χ4n) is 6.38. The molecule has 2 bridgehead atoms. The maximum absolute atomic E-state index is 9.74. The van der Waals surface area contributed by atoms with Crippen LogP contribution in [-0.4, -0.2) is 42.3 Å². The molecule has 7 nitrogen and oxygen atoms in total. The van der Waals surface area contributed by atoms with E-state index in [1.54, 1.807) is 6.92 Å². The Morgan fingerprint density at radius 1 is 1.12 bits per heavy atom. The molecule has 5 aliphatic rings. The highest BCUT2D eigenvalue weighted by molar-refractivity contribution is 5.29. The maximum Gasteiger partial charge on any atom is 0.201 e. The Morgan fingerprint density at radius 3 is 2.79 bits per heavy atom. The van der Waals surface area contributed by atoms with Crippen LogP contribution in [0.4, 0.5) is 0 Å². The zero-order valence-corrected chi connectivity index (χ0v) is 20.2. The topological polar surface area (TPSA) is 75.6 Å². The summed E-state index contributed by atoms with van der Waals surface area (Å²) >= 11 is 0. The highest BCUT2D eigenvalue weighted by Crippen LogP contribution is 2.60. The van der Waals surface area contributed by atoms with Gasteiger partial charge < -0.3 is 24.1 Å². The van der Waals surface area contributed by atoms with Gasteiger partial charge in [-0.05, 0) is 62.6 Å². The minimum atomic E-state index is -0.767. The Morgan fingerprint density at radius 2 is 1.97 bits per heavy atom. The first-order valence-electron chi connectivity index (χ1n) is 12.5. The first-order valence-corrected chi connectivity index (χ1v) is 12.5. The SMILES string of the molecule is CC(O)c1cccc(OCCCO[C@H]2O[C@@H]3O[C@@]4(C)CCC5[C@H](C)CC[C@@H]([C@H]2C)[C@]53OO4)c1. The van der Waals surface area contributed by atoms with Gasteiger partial charge in [0.25, 0.3) is 0 Å². The van der Waals surface area contributed by atoms with Crippen molar-refractivity contribution in [3.8, 4) is 5.75 Å². The molecule has 1 aromatic carbocycles. The molecule has 184 valence electrons. The summed E-state index contributed by atoms with van der Waals surface area (Å²) in [7, 11) is 0. The normalized spacial score (nSPS) is 42.9. The predicted octanol–water partition coefficient (Wildman–Crippen LogP) is 4.73. The third-order valence-electron chi connectivity index (χ3n) is 8.28. The molecule has 1 aromatic rings. The lowest BCUT2D eigenvalue weighted by Gasteiger charge is -2.60. The predicted molar refractivity (Wildman–Crippen MR) is 120 cm³/mol. The molecule has 1 aliphatic carbocycles. The lowest BCUT2D eigenvalue weighted by Crippen LogP contribution is -2.70. The molecule has 4 aliphatic heterocycles. The molecule has 2 unspecified atom stereocenters. The number of ether oxygens (including phenoxy) is 4. The molecular formula is C26H38O7. The molecule has 9 atom stereocenters. The van der Waals surface area contributed by atoms with Crippen molar-refractivity contribution in [2.75, 3.05) is 13.2 Å². The molecule has 1 N–H and O–H groups in total. The van der Waals surface area contributed by atoms with E-state index in [9.17, 15) is 5.11 Å². The van der Waals surface area contributed by atoms with Crippen LogP contribution >= 0.6 is 0 Å². The van der Waals surface area contributed by atoms with E-state index in [-0.39, 0.29) is 18.1 Å². The van der Waals surface area contributed by atoms with Gasteiger partial charge in [0, 0.05) is 24.7 Å². The number of fused-ring (bicyclic) bond motifs is 2. The van der Waals surface area contributed by atoms with E-state index >= 15 is 0 Å². The van der Waals surface area contributed by atoms with Crippen LogP contribution in [0, 0.1) is 23.7 Å². The number of rotatable bonds is 7. The van der Waals surface area contributed by atoms with Crippen molar-refractivity contribution in [2.24, 2.45) is 23.7 Å². The summed E-state index contributed by atoms with van der Waals surface area (Å²) in [5, 5.41) is 9.74. The molecule has 33 heavy (non-hydrogen) atoms. The van der Waals surface area contributed by atoms with E-state index in [1.807, 2.05) is 31.2 Å². The van der Waals surface area contributed by atoms with Gasteiger partial charge in [0.2, 0.25) is 5.79 Å². The van der Waals surface area contributed by atoms with Crippen LogP contribution in [0.5, 0.6) is 5.75 Å². The van der Waals surface area contributed by atoms with Crippen LogP contribution < -0.4 is 4.74 Å². The third-order valence-corrected chi connectivity index (χ3v) is 8.28. The van der Waals surface area contributed by atoms with E-state index < -0.39 is 23.8 Å².